The summed E-state index contributed by atoms with van der Waals surface area (Å²) in [5, 5.41) is 3.05. The van der Waals surface area contributed by atoms with Crippen LogP contribution in [-0.2, 0) is 14.8 Å². The topological polar surface area (TPSA) is 75.3 Å². The number of hydrogen-bond donors (Lipinski definition) is 2. The second-order valence-electron chi connectivity index (χ2n) is 4.18. The first-order valence-electron chi connectivity index (χ1n) is 5.76. The summed E-state index contributed by atoms with van der Waals surface area (Å²) in [6, 6.07) is -0.361. The van der Waals surface area contributed by atoms with E-state index in [0.29, 0.717) is 5.92 Å². The molecule has 1 rings (SSSR count). The van der Waals surface area contributed by atoms with Crippen LogP contribution in [0.15, 0.2) is 0 Å². The molecule has 1 saturated heterocycles. The quantitative estimate of drug-likeness (QED) is 0.747. The third-order valence-corrected chi connectivity index (χ3v) is 4.31. The predicted molar refractivity (Wildman–Crippen MR) is 62.4 cm³/mol. The first kappa shape index (κ1) is 13.4. The average molecular weight is 248 g/mol. The maximum absolute atomic E-state index is 11.7. The number of carbonyl (C=O) groups is 1. The van der Waals surface area contributed by atoms with Gasteiger partial charge in [0.15, 0.2) is 0 Å². The summed E-state index contributed by atoms with van der Waals surface area (Å²) >= 11 is 0. The molecule has 94 valence electrons. The van der Waals surface area contributed by atoms with E-state index in [-0.39, 0.29) is 11.8 Å². The Morgan fingerprint density at radius 3 is 2.69 bits per heavy atom. The van der Waals surface area contributed by atoms with E-state index >= 15 is 0 Å². The van der Waals surface area contributed by atoms with Gasteiger partial charge in [0.25, 0.3) is 5.91 Å². The molecule has 1 aliphatic rings. The standard InChI is InChI=1S/C10H20N2O3S/c1-3-8-5-6-11-9(7-8)10(13)12-16(14,15)4-2/h8-9,11H,3-7H2,1-2H3,(H,12,13). The fourth-order valence-electron chi connectivity index (χ4n) is 1.86. The van der Waals surface area contributed by atoms with Gasteiger partial charge in [-0.25, -0.2) is 8.42 Å². The van der Waals surface area contributed by atoms with Crippen molar-refractivity contribution >= 4 is 15.9 Å². The van der Waals surface area contributed by atoms with E-state index in [1.165, 1.54) is 6.92 Å². The van der Waals surface area contributed by atoms with Crippen LogP contribution in [0.1, 0.15) is 33.1 Å². The van der Waals surface area contributed by atoms with E-state index in [1.807, 2.05) is 0 Å². The third kappa shape index (κ3) is 3.75. The molecule has 6 heteroatoms. The first-order chi connectivity index (χ1) is 7.48. The third-order valence-electron chi connectivity index (χ3n) is 3.04. The van der Waals surface area contributed by atoms with Crippen LogP contribution in [-0.4, -0.2) is 32.7 Å². The van der Waals surface area contributed by atoms with Crippen molar-refractivity contribution in [2.24, 2.45) is 5.92 Å². The van der Waals surface area contributed by atoms with Gasteiger partial charge in [-0.1, -0.05) is 13.3 Å². The molecule has 2 atom stereocenters. The average Bonchev–Trinajstić information content (AvgIpc) is 2.28. The molecule has 1 heterocycles. The first-order valence-corrected chi connectivity index (χ1v) is 7.41. The van der Waals surface area contributed by atoms with Gasteiger partial charge in [0.05, 0.1) is 11.8 Å². The van der Waals surface area contributed by atoms with Gasteiger partial charge in [-0.3, -0.25) is 9.52 Å². The molecule has 1 amide bonds. The van der Waals surface area contributed by atoms with Crippen molar-refractivity contribution in [1.29, 1.82) is 0 Å². The molecule has 0 spiro atoms. The lowest BCUT2D eigenvalue weighted by Crippen LogP contribution is -2.50. The van der Waals surface area contributed by atoms with Gasteiger partial charge in [0.2, 0.25) is 10.0 Å². The molecule has 0 aromatic heterocycles. The molecule has 0 aliphatic carbocycles. The molecular formula is C10H20N2O3S. The molecule has 1 aliphatic heterocycles. The van der Waals surface area contributed by atoms with E-state index in [1.54, 1.807) is 0 Å². The minimum atomic E-state index is -3.43. The highest BCUT2D eigenvalue weighted by Crippen LogP contribution is 2.19. The number of nitrogens with one attached hydrogen (secondary N) is 2. The number of rotatable bonds is 4. The Morgan fingerprint density at radius 2 is 2.12 bits per heavy atom. The maximum atomic E-state index is 11.7. The number of amides is 1. The summed E-state index contributed by atoms with van der Waals surface area (Å²) in [5.74, 6) is 0.0317. The van der Waals surface area contributed by atoms with Crippen LogP contribution in [0.5, 0.6) is 0 Å². The second-order valence-corrected chi connectivity index (χ2v) is 6.19. The summed E-state index contributed by atoms with van der Waals surface area (Å²) < 4.78 is 24.6. The van der Waals surface area contributed by atoms with Crippen LogP contribution in [0.25, 0.3) is 0 Å². The second kappa shape index (κ2) is 5.63. The molecule has 16 heavy (non-hydrogen) atoms. The van der Waals surface area contributed by atoms with Crippen molar-refractivity contribution < 1.29 is 13.2 Å². The Labute approximate surface area is 97.0 Å². The Morgan fingerprint density at radius 1 is 1.44 bits per heavy atom. The van der Waals surface area contributed by atoms with Crippen molar-refractivity contribution in [1.82, 2.24) is 10.0 Å². The van der Waals surface area contributed by atoms with Crippen molar-refractivity contribution in [3.63, 3.8) is 0 Å². The number of piperidine rings is 1. The zero-order chi connectivity index (χ0) is 12.2. The van der Waals surface area contributed by atoms with Gasteiger partial charge in [-0.05, 0) is 32.2 Å². The molecule has 5 nitrogen and oxygen atoms in total. The van der Waals surface area contributed by atoms with Gasteiger partial charge in [0, 0.05) is 0 Å². The van der Waals surface area contributed by atoms with E-state index in [2.05, 4.69) is 17.0 Å². The fraction of sp³-hybridized carbons (Fsp3) is 0.900. The van der Waals surface area contributed by atoms with Crippen LogP contribution >= 0.6 is 0 Å². The van der Waals surface area contributed by atoms with E-state index in [0.717, 1.165) is 25.8 Å². The summed E-state index contributed by atoms with van der Waals surface area (Å²) in [4.78, 5) is 11.7. The van der Waals surface area contributed by atoms with E-state index < -0.39 is 15.9 Å². The van der Waals surface area contributed by atoms with Crippen molar-refractivity contribution in [3.8, 4) is 0 Å². The largest absolute Gasteiger partial charge is 0.306 e. The molecule has 0 aromatic carbocycles. The molecule has 2 unspecified atom stereocenters. The van der Waals surface area contributed by atoms with Crippen LogP contribution in [0.2, 0.25) is 0 Å². The molecular weight excluding hydrogens is 228 g/mol. The summed E-state index contributed by atoms with van der Waals surface area (Å²) in [6.45, 7) is 4.38. The zero-order valence-electron chi connectivity index (χ0n) is 9.82. The Balaban J connectivity index is 2.54. The molecule has 0 bridgehead atoms. The minimum absolute atomic E-state index is 0.0668. The molecule has 1 fully saturated rings. The highest BCUT2D eigenvalue weighted by atomic mass is 32.2. The van der Waals surface area contributed by atoms with Crippen LogP contribution in [0.4, 0.5) is 0 Å². The van der Waals surface area contributed by atoms with Gasteiger partial charge >= 0.3 is 0 Å². The highest BCUT2D eigenvalue weighted by molar-refractivity contribution is 7.90. The monoisotopic (exact) mass is 248 g/mol. The minimum Gasteiger partial charge on any atom is -0.306 e. The number of sulfonamides is 1. The highest BCUT2D eigenvalue weighted by Gasteiger charge is 2.27. The molecule has 0 radical (unpaired) electrons. The van der Waals surface area contributed by atoms with Crippen molar-refractivity contribution in [2.45, 2.75) is 39.2 Å². The van der Waals surface area contributed by atoms with E-state index in [9.17, 15) is 13.2 Å². The number of carbonyl (C=O) groups excluding carboxylic acids is 1. The fourth-order valence-corrected chi connectivity index (χ4v) is 2.46. The zero-order valence-corrected chi connectivity index (χ0v) is 10.6. The molecule has 2 N–H and O–H groups in total. The van der Waals surface area contributed by atoms with Gasteiger partial charge in [-0.2, -0.15) is 0 Å². The van der Waals surface area contributed by atoms with Gasteiger partial charge in [0.1, 0.15) is 0 Å². The van der Waals surface area contributed by atoms with Crippen molar-refractivity contribution in [2.75, 3.05) is 12.3 Å². The lowest BCUT2D eigenvalue weighted by molar-refractivity contribution is -0.122. The molecule has 0 saturated carbocycles. The SMILES string of the molecule is CCC1CCNC(C(=O)NS(=O)(=O)CC)C1. The van der Waals surface area contributed by atoms with Crippen LogP contribution in [0, 0.1) is 5.92 Å². The van der Waals surface area contributed by atoms with Gasteiger partial charge < -0.3 is 5.32 Å². The maximum Gasteiger partial charge on any atom is 0.250 e. The Bertz CT molecular complexity index is 340. The summed E-state index contributed by atoms with van der Waals surface area (Å²) in [6.07, 6.45) is 2.81. The number of hydrogen-bond acceptors (Lipinski definition) is 4. The lowest BCUT2D eigenvalue weighted by atomic mass is 9.90. The summed E-state index contributed by atoms with van der Waals surface area (Å²) in [5.41, 5.74) is 0. The normalized spacial score (nSPS) is 26.4. The smallest absolute Gasteiger partial charge is 0.250 e. The Kier molecular flexibility index (Phi) is 4.73. The van der Waals surface area contributed by atoms with Crippen LogP contribution in [0.3, 0.4) is 0 Å². The van der Waals surface area contributed by atoms with Crippen LogP contribution < -0.4 is 10.0 Å². The van der Waals surface area contributed by atoms with Gasteiger partial charge in [-0.15, -0.1) is 0 Å². The van der Waals surface area contributed by atoms with E-state index in [4.69, 9.17) is 0 Å². The summed E-state index contributed by atoms with van der Waals surface area (Å²) in [7, 11) is -3.43. The predicted octanol–water partition coefficient (Wildman–Crippen LogP) is 0.231. The lowest BCUT2D eigenvalue weighted by Gasteiger charge is -2.28. The molecule has 0 aromatic rings. The Hall–Kier alpha value is -0.620. The van der Waals surface area contributed by atoms with Crippen molar-refractivity contribution in [3.05, 3.63) is 0 Å².